The molecule has 0 saturated heterocycles. The number of hydrogen-bond acceptors (Lipinski definition) is 1. The molecular weight excluding hydrogens is 370 g/mol. The minimum atomic E-state index is -0.158. The van der Waals surface area contributed by atoms with Crippen LogP contribution in [0.4, 0.5) is 5.69 Å². The molecule has 0 aliphatic carbocycles. The molecule has 1 amide bonds. The average molecular weight is 381 g/mol. The number of anilines is 1. The molecule has 1 N–H and O–H groups in total. The van der Waals surface area contributed by atoms with Crippen molar-refractivity contribution in [3.8, 4) is 0 Å². The molecule has 0 aliphatic rings. The normalized spacial score (nSPS) is 10.6. The molecule has 0 fully saturated rings. The second-order valence-electron chi connectivity index (χ2n) is 3.85. The van der Waals surface area contributed by atoms with Crippen LogP contribution in [0, 0.1) is 0 Å². The van der Waals surface area contributed by atoms with Gasteiger partial charge in [-0.15, -0.1) is 0 Å². The number of para-hydroxylation sites is 1. The lowest BCUT2D eigenvalue weighted by Crippen LogP contribution is -2.07. The van der Waals surface area contributed by atoms with Crippen LogP contribution in [0.25, 0.3) is 6.08 Å². The summed E-state index contributed by atoms with van der Waals surface area (Å²) in [6.07, 6.45) is 3.29. The van der Waals surface area contributed by atoms with Gasteiger partial charge >= 0.3 is 0 Å². The molecule has 19 heavy (non-hydrogen) atoms. The number of rotatable bonds is 3. The maximum Gasteiger partial charge on any atom is 0.248 e. The van der Waals surface area contributed by atoms with Crippen molar-refractivity contribution in [1.82, 2.24) is 0 Å². The highest BCUT2D eigenvalue weighted by Gasteiger charge is 2.01. The van der Waals surface area contributed by atoms with Crippen LogP contribution >= 0.6 is 31.9 Å². The molecule has 0 spiro atoms. The van der Waals surface area contributed by atoms with E-state index in [1.807, 2.05) is 48.5 Å². The molecule has 2 nitrogen and oxygen atoms in total. The second-order valence-corrected chi connectivity index (χ2v) is 5.62. The summed E-state index contributed by atoms with van der Waals surface area (Å²) in [5, 5.41) is 2.81. The van der Waals surface area contributed by atoms with Gasteiger partial charge in [-0.2, -0.15) is 0 Å². The first-order valence-corrected chi connectivity index (χ1v) is 7.23. The highest BCUT2D eigenvalue weighted by atomic mass is 79.9. The predicted octanol–water partition coefficient (Wildman–Crippen LogP) is 4.86. The molecule has 2 rings (SSSR count). The van der Waals surface area contributed by atoms with Crippen LogP contribution in [-0.2, 0) is 4.79 Å². The van der Waals surface area contributed by atoms with Gasteiger partial charge in [-0.25, -0.2) is 0 Å². The van der Waals surface area contributed by atoms with Crippen LogP contribution in [0.15, 0.2) is 63.6 Å². The molecule has 0 heterocycles. The molecule has 0 radical (unpaired) electrons. The van der Waals surface area contributed by atoms with Crippen LogP contribution in [0.1, 0.15) is 5.56 Å². The highest BCUT2D eigenvalue weighted by Crippen LogP contribution is 2.21. The number of nitrogens with one attached hydrogen (secondary N) is 1. The average Bonchev–Trinajstić information content (AvgIpc) is 2.41. The van der Waals surface area contributed by atoms with Gasteiger partial charge in [-0.3, -0.25) is 4.79 Å². The zero-order valence-corrected chi connectivity index (χ0v) is 13.1. The van der Waals surface area contributed by atoms with Gasteiger partial charge in [0.25, 0.3) is 0 Å². The van der Waals surface area contributed by atoms with Crippen molar-refractivity contribution in [2.45, 2.75) is 0 Å². The SMILES string of the molecule is O=C(/C=C/c1ccc(Br)cc1)Nc1ccccc1Br. The Morgan fingerprint density at radius 3 is 2.37 bits per heavy atom. The molecule has 0 unspecified atom stereocenters. The van der Waals surface area contributed by atoms with E-state index in [4.69, 9.17) is 0 Å². The molecule has 0 aromatic heterocycles. The number of carbonyl (C=O) groups is 1. The molecule has 96 valence electrons. The van der Waals surface area contributed by atoms with Crippen LogP contribution in [-0.4, -0.2) is 5.91 Å². The fourth-order valence-corrected chi connectivity index (χ4v) is 2.13. The van der Waals surface area contributed by atoms with Gasteiger partial charge in [0.1, 0.15) is 0 Å². The number of halogens is 2. The van der Waals surface area contributed by atoms with E-state index in [0.717, 1.165) is 20.2 Å². The predicted molar refractivity (Wildman–Crippen MR) is 85.9 cm³/mol. The number of hydrogen-bond donors (Lipinski definition) is 1. The van der Waals surface area contributed by atoms with Crippen LogP contribution in [0.2, 0.25) is 0 Å². The molecule has 0 bridgehead atoms. The lowest BCUT2D eigenvalue weighted by molar-refractivity contribution is -0.111. The van der Waals surface area contributed by atoms with E-state index in [1.54, 1.807) is 6.08 Å². The Morgan fingerprint density at radius 2 is 1.68 bits per heavy atom. The smallest absolute Gasteiger partial charge is 0.248 e. The van der Waals surface area contributed by atoms with Crippen LogP contribution in [0.5, 0.6) is 0 Å². The quantitative estimate of drug-likeness (QED) is 0.756. The van der Waals surface area contributed by atoms with Crippen LogP contribution in [0.3, 0.4) is 0 Å². The summed E-state index contributed by atoms with van der Waals surface area (Å²) in [5.74, 6) is -0.158. The molecule has 2 aromatic rings. The van der Waals surface area contributed by atoms with E-state index < -0.39 is 0 Å². The molecular formula is C15H11Br2NO. The Hall–Kier alpha value is -1.39. The lowest BCUT2D eigenvalue weighted by Gasteiger charge is -2.03. The summed E-state index contributed by atoms with van der Waals surface area (Å²) in [6.45, 7) is 0. The Morgan fingerprint density at radius 1 is 1.00 bits per heavy atom. The fraction of sp³-hybridized carbons (Fsp3) is 0. The third-order valence-electron chi connectivity index (χ3n) is 2.43. The summed E-state index contributed by atoms with van der Waals surface area (Å²) in [5.41, 5.74) is 1.73. The Bertz CT molecular complexity index is 606. The van der Waals surface area contributed by atoms with Gasteiger partial charge in [-0.1, -0.05) is 40.2 Å². The van der Waals surface area contributed by atoms with Crippen molar-refractivity contribution in [1.29, 1.82) is 0 Å². The molecule has 4 heteroatoms. The largest absolute Gasteiger partial charge is 0.321 e. The van der Waals surface area contributed by atoms with E-state index >= 15 is 0 Å². The second kappa shape index (κ2) is 6.68. The van der Waals surface area contributed by atoms with Crippen LogP contribution < -0.4 is 5.32 Å². The van der Waals surface area contributed by atoms with Gasteiger partial charge in [0, 0.05) is 15.0 Å². The lowest BCUT2D eigenvalue weighted by atomic mass is 10.2. The molecule has 2 aromatic carbocycles. The maximum absolute atomic E-state index is 11.8. The third-order valence-corrected chi connectivity index (χ3v) is 3.65. The number of benzene rings is 2. The Balaban J connectivity index is 2.02. The minimum absolute atomic E-state index is 0.158. The van der Waals surface area contributed by atoms with Crippen molar-refractivity contribution in [3.63, 3.8) is 0 Å². The van der Waals surface area contributed by atoms with E-state index in [-0.39, 0.29) is 5.91 Å². The van der Waals surface area contributed by atoms with Gasteiger partial charge < -0.3 is 5.32 Å². The van der Waals surface area contributed by atoms with Gasteiger partial charge in [0.15, 0.2) is 0 Å². The minimum Gasteiger partial charge on any atom is -0.321 e. The van der Waals surface area contributed by atoms with Crippen molar-refractivity contribution in [2.24, 2.45) is 0 Å². The summed E-state index contributed by atoms with van der Waals surface area (Å²) in [6, 6.07) is 15.2. The topological polar surface area (TPSA) is 29.1 Å². The first-order chi connectivity index (χ1) is 9.15. The fourth-order valence-electron chi connectivity index (χ4n) is 1.48. The zero-order valence-electron chi connectivity index (χ0n) is 9.94. The summed E-state index contributed by atoms with van der Waals surface area (Å²) >= 11 is 6.75. The van der Waals surface area contributed by atoms with E-state index in [1.165, 1.54) is 6.08 Å². The van der Waals surface area contributed by atoms with Crippen molar-refractivity contribution in [2.75, 3.05) is 5.32 Å². The summed E-state index contributed by atoms with van der Waals surface area (Å²) < 4.78 is 1.88. The standard InChI is InChI=1S/C15H11Br2NO/c16-12-8-5-11(6-9-12)7-10-15(19)18-14-4-2-1-3-13(14)17/h1-10H,(H,18,19)/b10-7+. The van der Waals surface area contributed by atoms with Gasteiger partial charge in [0.2, 0.25) is 5.91 Å². The van der Waals surface area contributed by atoms with Crippen molar-refractivity contribution >= 4 is 49.5 Å². The van der Waals surface area contributed by atoms with Crippen molar-refractivity contribution in [3.05, 3.63) is 69.1 Å². The Labute approximate surface area is 128 Å². The van der Waals surface area contributed by atoms with Gasteiger partial charge in [-0.05, 0) is 51.8 Å². The Kier molecular flexibility index (Phi) is 4.93. The first-order valence-electron chi connectivity index (χ1n) is 5.64. The molecule has 0 saturated carbocycles. The number of carbonyl (C=O) groups excluding carboxylic acids is 1. The molecule has 0 atom stereocenters. The monoisotopic (exact) mass is 379 g/mol. The van der Waals surface area contributed by atoms with E-state index in [0.29, 0.717) is 0 Å². The molecule has 0 aliphatic heterocycles. The van der Waals surface area contributed by atoms with Crippen molar-refractivity contribution < 1.29 is 4.79 Å². The van der Waals surface area contributed by atoms with E-state index in [9.17, 15) is 4.79 Å². The van der Waals surface area contributed by atoms with Gasteiger partial charge in [0.05, 0.1) is 5.69 Å². The third kappa shape index (κ3) is 4.33. The summed E-state index contributed by atoms with van der Waals surface area (Å²) in [4.78, 5) is 11.8. The van der Waals surface area contributed by atoms with E-state index in [2.05, 4.69) is 37.2 Å². The highest BCUT2D eigenvalue weighted by molar-refractivity contribution is 9.10. The first kappa shape index (κ1) is 14.0. The maximum atomic E-state index is 11.8. The zero-order chi connectivity index (χ0) is 13.7. The number of amides is 1. The summed E-state index contributed by atoms with van der Waals surface area (Å²) in [7, 11) is 0.